The molecular weight excluding hydrogens is 593 g/mol. The number of nitrogens with one attached hydrogen (secondary N) is 2. The quantitative estimate of drug-likeness (QED) is 0.324. The fraction of sp³-hybridized carbons (Fsp3) is 0.269. The van der Waals surface area contributed by atoms with Gasteiger partial charge in [0.05, 0.1) is 28.3 Å². The van der Waals surface area contributed by atoms with E-state index >= 15 is 0 Å². The molecule has 2 aromatic carbocycles. The lowest BCUT2D eigenvalue weighted by Gasteiger charge is -2.21. The van der Waals surface area contributed by atoms with E-state index in [9.17, 15) is 27.2 Å². The summed E-state index contributed by atoms with van der Waals surface area (Å²) < 4.78 is 45.8. The predicted molar refractivity (Wildman–Crippen MR) is 153 cm³/mol. The minimum absolute atomic E-state index is 0.0258. The number of benzene rings is 2. The summed E-state index contributed by atoms with van der Waals surface area (Å²) in [6, 6.07) is 10.2. The third-order valence-corrected chi connectivity index (χ3v) is 8.50. The first-order chi connectivity index (χ1) is 18.4. The number of aromatic nitrogens is 3. The maximum atomic E-state index is 14.8. The van der Waals surface area contributed by atoms with Gasteiger partial charge >= 0.3 is 5.69 Å². The van der Waals surface area contributed by atoms with Gasteiger partial charge < -0.3 is 5.32 Å². The number of halogens is 2. The van der Waals surface area contributed by atoms with E-state index in [0.29, 0.717) is 17.3 Å². The first-order valence-corrected chi connectivity index (χ1v) is 14.6. The molecule has 0 amide bonds. The van der Waals surface area contributed by atoms with Crippen molar-refractivity contribution in [2.45, 2.75) is 32.7 Å². The van der Waals surface area contributed by atoms with Gasteiger partial charge in [-0.15, -0.1) is 0 Å². The van der Waals surface area contributed by atoms with Crippen LogP contribution in [0.15, 0.2) is 61.3 Å². The molecule has 0 bridgehead atoms. The maximum Gasteiger partial charge on any atom is 0.336 e. The van der Waals surface area contributed by atoms with E-state index in [0.717, 1.165) is 4.57 Å². The molecule has 39 heavy (non-hydrogen) atoms. The Morgan fingerprint density at radius 3 is 2.44 bits per heavy atom. The topological polar surface area (TPSA) is 124 Å². The summed E-state index contributed by atoms with van der Waals surface area (Å²) in [5.41, 5.74) is -1.06. The number of hydrogen-bond donors (Lipinski definition) is 2. The molecule has 2 N–H and O–H groups in total. The Bertz CT molecular complexity index is 1940. The molecule has 2 aromatic heterocycles. The van der Waals surface area contributed by atoms with Crippen LogP contribution in [0.3, 0.4) is 0 Å². The van der Waals surface area contributed by atoms with Crippen molar-refractivity contribution in [1.29, 1.82) is 0 Å². The Morgan fingerprint density at radius 1 is 1.08 bits per heavy atom. The molecule has 204 valence electrons. The van der Waals surface area contributed by atoms with Crippen molar-refractivity contribution < 1.29 is 12.8 Å². The van der Waals surface area contributed by atoms with E-state index < -0.39 is 32.6 Å². The summed E-state index contributed by atoms with van der Waals surface area (Å²) in [5, 5.41) is 2.93. The lowest BCUT2D eigenvalue weighted by atomic mass is 10.1. The number of pyridine rings is 1. The van der Waals surface area contributed by atoms with Crippen molar-refractivity contribution in [3.63, 3.8) is 0 Å². The number of fused-ring (bicyclic) bond motifs is 1. The second kappa shape index (κ2) is 9.79. The van der Waals surface area contributed by atoms with E-state index in [4.69, 9.17) is 0 Å². The molecule has 1 saturated carbocycles. The number of hydrogen-bond acceptors (Lipinski definition) is 6. The van der Waals surface area contributed by atoms with Gasteiger partial charge in [-0.25, -0.2) is 17.6 Å². The van der Waals surface area contributed by atoms with Crippen LogP contribution in [0.5, 0.6) is 0 Å². The number of anilines is 3. The second-order valence-electron chi connectivity index (χ2n) is 9.39. The average Bonchev–Trinajstić information content (AvgIpc) is 3.71. The Morgan fingerprint density at radius 2 is 1.79 bits per heavy atom. The summed E-state index contributed by atoms with van der Waals surface area (Å²) in [7, 11) is -2.14. The Balaban J connectivity index is 1.88. The Labute approximate surface area is 230 Å². The summed E-state index contributed by atoms with van der Waals surface area (Å²) >= 11 is 3.22. The minimum Gasteiger partial charge on any atom is -0.338 e. The molecule has 0 spiro atoms. The van der Waals surface area contributed by atoms with Crippen molar-refractivity contribution in [2.24, 2.45) is 7.05 Å². The molecule has 1 aliphatic carbocycles. The third-order valence-electron chi connectivity index (χ3n) is 6.70. The zero-order valence-electron chi connectivity index (χ0n) is 21.3. The molecule has 13 heteroatoms. The lowest BCUT2D eigenvalue weighted by Crippen LogP contribution is -2.41. The van der Waals surface area contributed by atoms with E-state index in [1.165, 1.54) is 54.3 Å². The summed E-state index contributed by atoms with van der Waals surface area (Å²) in [6.07, 6.45) is 1.26. The van der Waals surface area contributed by atoms with Crippen molar-refractivity contribution in [2.75, 3.05) is 15.8 Å². The SMILES string of the molecule is CCS(=O)(=O)Nc1cccc(-n2c(=O)n(C3CC3)c(=O)c3c(Nc4ccc(Br)cc4F)n(C)c(=O)c(C)c32)c1. The maximum absolute atomic E-state index is 14.8. The molecule has 4 aromatic rings. The number of rotatable bonds is 7. The van der Waals surface area contributed by atoms with Gasteiger partial charge in [0.1, 0.15) is 17.0 Å². The van der Waals surface area contributed by atoms with E-state index in [-0.39, 0.29) is 51.1 Å². The molecule has 5 rings (SSSR count). The number of nitrogens with zero attached hydrogens (tertiary/aromatic N) is 3. The van der Waals surface area contributed by atoms with Gasteiger partial charge in [0.15, 0.2) is 0 Å². The molecule has 0 atom stereocenters. The normalized spacial score (nSPS) is 13.6. The fourth-order valence-electron chi connectivity index (χ4n) is 4.53. The highest BCUT2D eigenvalue weighted by molar-refractivity contribution is 9.10. The van der Waals surface area contributed by atoms with E-state index in [1.54, 1.807) is 18.2 Å². The largest absolute Gasteiger partial charge is 0.338 e. The van der Waals surface area contributed by atoms with Crippen LogP contribution < -0.4 is 26.8 Å². The van der Waals surface area contributed by atoms with Gasteiger partial charge in [-0.05, 0) is 63.1 Å². The molecule has 10 nitrogen and oxygen atoms in total. The molecule has 0 saturated heterocycles. The van der Waals surface area contributed by atoms with E-state index in [1.807, 2.05) is 0 Å². The van der Waals surface area contributed by atoms with Crippen molar-refractivity contribution in [1.82, 2.24) is 13.7 Å². The summed E-state index contributed by atoms with van der Waals surface area (Å²) in [6.45, 7) is 3.01. The molecule has 1 fully saturated rings. The first-order valence-electron chi connectivity index (χ1n) is 12.2. The highest BCUT2D eigenvalue weighted by Crippen LogP contribution is 2.34. The Kier molecular flexibility index (Phi) is 6.75. The first kappa shape index (κ1) is 26.9. The van der Waals surface area contributed by atoms with Gasteiger partial charge in [-0.2, -0.15) is 0 Å². The Hall–Kier alpha value is -3.71. The van der Waals surface area contributed by atoms with Crippen LogP contribution in [0.2, 0.25) is 0 Å². The zero-order chi connectivity index (χ0) is 28.2. The van der Waals surface area contributed by atoms with Crippen molar-refractivity contribution in [3.05, 3.63) is 89.5 Å². The predicted octanol–water partition coefficient (Wildman–Crippen LogP) is 3.90. The van der Waals surface area contributed by atoms with Gasteiger partial charge in [0.25, 0.3) is 11.1 Å². The van der Waals surface area contributed by atoms with Gasteiger partial charge in [0, 0.05) is 23.1 Å². The van der Waals surface area contributed by atoms with Crippen LogP contribution in [0.4, 0.5) is 21.6 Å². The van der Waals surface area contributed by atoms with Crippen molar-refractivity contribution >= 4 is 54.0 Å². The lowest BCUT2D eigenvalue weighted by molar-refractivity contribution is 0.602. The smallest absolute Gasteiger partial charge is 0.336 e. The van der Waals surface area contributed by atoms with E-state index in [2.05, 4.69) is 26.0 Å². The second-order valence-corrected chi connectivity index (χ2v) is 12.3. The molecule has 2 heterocycles. The number of sulfonamides is 1. The molecule has 0 aliphatic heterocycles. The zero-order valence-corrected chi connectivity index (χ0v) is 23.7. The van der Waals surface area contributed by atoms with Crippen LogP contribution >= 0.6 is 15.9 Å². The molecule has 0 radical (unpaired) electrons. The standard InChI is InChI=1S/C26H25BrFN5O5S/c1-4-39(37,38)30-16-6-5-7-18(13-16)32-22-14(2)24(34)31(3)23(29-20-11-8-15(27)12-19(20)28)21(22)25(35)33(26(32)36)17-9-10-17/h5-8,11-13,17,29-30H,4,9-10H2,1-3H3. The summed E-state index contributed by atoms with van der Waals surface area (Å²) in [5.74, 6) is -0.737. The van der Waals surface area contributed by atoms with Crippen LogP contribution in [0, 0.1) is 12.7 Å². The highest BCUT2D eigenvalue weighted by Gasteiger charge is 2.31. The van der Waals surface area contributed by atoms with Crippen molar-refractivity contribution in [3.8, 4) is 5.69 Å². The van der Waals surface area contributed by atoms with Gasteiger partial charge in [0.2, 0.25) is 10.0 Å². The monoisotopic (exact) mass is 617 g/mol. The van der Waals surface area contributed by atoms with Gasteiger partial charge in [-0.3, -0.25) is 28.0 Å². The van der Waals surface area contributed by atoms with Crippen LogP contribution in [-0.4, -0.2) is 27.9 Å². The minimum atomic E-state index is -3.61. The average molecular weight is 618 g/mol. The molecule has 0 unspecified atom stereocenters. The number of aryl methyl sites for hydroxylation is 1. The van der Waals surface area contributed by atoms with Crippen LogP contribution in [-0.2, 0) is 17.1 Å². The molecular formula is C26H25BrFN5O5S. The third kappa shape index (κ3) is 4.80. The summed E-state index contributed by atoms with van der Waals surface area (Å²) in [4.78, 5) is 41.1. The van der Waals surface area contributed by atoms with Crippen LogP contribution in [0.25, 0.3) is 16.6 Å². The molecule has 1 aliphatic rings. The fourth-order valence-corrected chi connectivity index (χ4v) is 5.50. The van der Waals surface area contributed by atoms with Crippen LogP contribution in [0.1, 0.15) is 31.4 Å². The van der Waals surface area contributed by atoms with Gasteiger partial charge in [-0.1, -0.05) is 22.0 Å². The highest BCUT2D eigenvalue weighted by atomic mass is 79.9.